The van der Waals surface area contributed by atoms with Gasteiger partial charge in [-0.25, -0.2) is 0 Å². The number of benzene rings is 1. The SMILES string of the molecule is CN1C(=O)/C(=C/c2cn(CC(=O)NC[C@@H]3CCCO3)c3ccccc23)SC1=S. The molecule has 8 heteroatoms. The lowest BCUT2D eigenvalue weighted by Crippen LogP contribution is -2.34. The standard InChI is InChI=1S/C20H21N3O3S2/c1-22-19(25)17(28-20(22)27)9-13-11-23(16-7-3-2-6-15(13)16)12-18(24)21-10-14-5-4-8-26-14/h2-3,6-7,9,11,14H,4-5,8,10,12H2,1H3,(H,21,24)/b17-9-/t14-/m0/s1. The van der Waals surface area contributed by atoms with E-state index in [9.17, 15) is 9.59 Å². The van der Waals surface area contributed by atoms with Gasteiger partial charge in [-0.2, -0.15) is 0 Å². The van der Waals surface area contributed by atoms with E-state index in [1.807, 2.05) is 41.1 Å². The molecular formula is C20H21N3O3S2. The topological polar surface area (TPSA) is 63.6 Å². The van der Waals surface area contributed by atoms with E-state index in [0.717, 1.165) is 35.9 Å². The lowest BCUT2D eigenvalue weighted by molar-refractivity contribution is -0.122. The van der Waals surface area contributed by atoms with Gasteiger partial charge in [-0.3, -0.25) is 14.5 Å². The summed E-state index contributed by atoms with van der Waals surface area (Å²) in [7, 11) is 1.68. The Morgan fingerprint density at radius 2 is 2.25 bits per heavy atom. The second kappa shape index (κ2) is 8.06. The molecule has 1 aromatic carbocycles. The van der Waals surface area contributed by atoms with Gasteiger partial charge in [0.1, 0.15) is 10.9 Å². The zero-order valence-corrected chi connectivity index (χ0v) is 17.1. The normalized spacial score (nSPS) is 21.2. The third-order valence-electron chi connectivity index (χ3n) is 4.96. The molecule has 2 fully saturated rings. The van der Waals surface area contributed by atoms with Crippen LogP contribution >= 0.6 is 24.0 Å². The lowest BCUT2D eigenvalue weighted by atomic mass is 10.1. The summed E-state index contributed by atoms with van der Waals surface area (Å²) in [6, 6.07) is 7.87. The number of nitrogens with one attached hydrogen (secondary N) is 1. The van der Waals surface area contributed by atoms with Gasteiger partial charge in [0.05, 0.1) is 11.0 Å². The molecule has 2 saturated heterocycles. The van der Waals surface area contributed by atoms with E-state index in [-0.39, 0.29) is 24.5 Å². The highest BCUT2D eigenvalue weighted by Gasteiger charge is 2.29. The Hall–Kier alpha value is -2.16. The number of rotatable bonds is 5. The van der Waals surface area contributed by atoms with E-state index in [0.29, 0.717) is 15.8 Å². The van der Waals surface area contributed by atoms with Crippen molar-refractivity contribution in [3.8, 4) is 0 Å². The fourth-order valence-electron chi connectivity index (χ4n) is 3.45. The summed E-state index contributed by atoms with van der Waals surface area (Å²) < 4.78 is 8.02. The number of carbonyl (C=O) groups is 2. The van der Waals surface area contributed by atoms with E-state index in [1.165, 1.54) is 16.7 Å². The van der Waals surface area contributed by atoms with Gasteiger partial charge in [0.2, 0.25) is 5.91 Å². The van der Waals surface area contributed by atoms with Gasteiger partial charge in [0, 0.05) is 42.9 Å². The minimum atomic E-state index is -0.0962. The van der Waals surface area contributed by atoms with Crippen LogP contribution in [0.2, 0.25) is 0 Å². The fraction of sp³-hybridized carbons (Fsp3) is 0.350. The van der Waals surface area contributed by atoms with E-state index >= 15 is 0 Å². The Morgan fingerprint density at radius 1 is 1.43 bits per heavy atom. The maximum atomic E-state index is 12.4. The molecule has 2 amide bonds. The van der Waals surface area contributed by atoms with Gasteiger partial charge >= 0.3 is 0 Å². The number of amides is 2. The molecule has 2 aromatic rings. The van der Waals surface area contributed by atoms with Crippen LogP contribution < -0.4 is 5.32 Å². The molecule has 2 aliphatic heterocycles. The number of likely N-dealkylation sites (N-methyl/N-ethyl adjacent to an activating group) is 1. The van der Waals surface area contributed by atoms with Gasteiger partial charge in [-0.1, -0.05) is 42.2 Å². The van der Waals surface area contributed by atoms with Crippen molar-refractivity contribution in [2.24, 2.45) is 0 Å². The minimum absolute atomic E-state index is 0.0531. The number of nitrogens with zero attached hydrogens (tertiary/aromatic N) is 2. The van der Waals surface area contributed by atoms with Crippen LogP contribution in [0.4, 0.5) is 0 Å². The molecular weight excluding hydrogens is 394 g/mol. The van der Waals surface area contributed by atoms with Crippen molar-refractivity contribution >= 4 is 57.1 Å². The quantitative estimate of drug-likeness (QED) is 0.601. The number of thiocarbonyl (C=S) groups is 1. The average Bonchev–Trinajstić information content (AvgIpc) is 3.38. The molecule has 3 heterocycles. The predicted molar refractivity (Wildman–Crippen MR) is 115 cm³/mol. The molecule has 4 rings (SSSR count). The van der Waals surface area contributed by atoms with E-state index < -0.39 is 0 Å². The second-order valence-electron chi connectivity index (χ2n) is 6.91. The van der Waals surface area contributed by atoms with Gasteiger partial charge in [0.15, 0.2) is 0 Å². The average molecular weight is 416 g/mol. The third-order valence-corrected chi connectivity index (χ3v) is 6.44. The lowest BCUT2D eigenvalue weighted by Gasteiger charge is -2.11. The Bertz CT molecular complexity index is 976. The number of thioether (sulfide) groups is 1. The molecule has 0 unspecified atom stereocenters. The summed E-state index contributed by atoms with van der Waals surface area (Å²) in [6.45, 7) is 1.54. The van der Waals surface area contributed by atoms with Crippen LogP contribution in [0.25, 0.3) is 17.0 Å². The van der Waals surface area contributed by atoms with Crippen LogP contribution in [0.15, 0.2) is 35.4 Å². The summed E-state index contributed by atoms with van der Waals surface area (Å²) in [5.74, 6) is -0.149. The number of fused-ring (bicyclic) bond motifs is 1. The molecule has 1 atom stereocenters. The van der Waals surface area contributed by atoms with Gasteiger partial charge in [0.25, 0.3) is 5.91 Å². The van der Waals surface area contributed by atoms with Crippen molar-refractivity contribution in [2.45, 2.75) is 25.5 Å². The smallest absolute Gasteiger partial charge is 0.265 e. The minimum Gasteiger partial charge on any atom is -0.376 e. The maximum Gasteiger partial charge on any atom is 0.265 e. The van der Waals surface area contributed by atoms with E-state index in [1.54, 1.807) is 7.05 Å². The van der Waals surface area contributed by atoms with Gasteiger partial charge in [-0.05, 0) is 25.0 Å². The summed E-state index contributed by atoms with van der Waals surface area (Å²) in [6.07, 6.45) is 5.93. The molecule has 0 spiro atoms. The number of ether oxygens (including phenoxy) is 1. The molecule has 0 radical (unpaired) electrons. The van der Waals surface area contributed by atoms with E-state index in [2.05, 4.69) is 5.32 Å². The molecule has 1 N–H and O–H groups in total. The Morgan fingerprint density at radius 3 is 2.96 bits per heavy atom. The van der Waals surface area contributed by atoms with Crippen LogP contribution in [0.3, 0.4) is 0 Å². The highest BCUT2D eigenvalue weighted by atomic mass is 32.2. The molecule has 28 heavy (non-hydrogen) atoms. The van der Waals surface area contributed by atoms with Crippen molar-refractivity contribution in [1.29, 1.82) is 0 Å². The van der Waals surface area contributed by atoms with Crippen LogP contribution in [0, 0.1) is 0 Å². The number of hydrogen-bond acceptors (Lipinski definition) is 5. The largest absolute Gasteiger partial charge is 0.376 e. The van der Waals surface area contributed by atoms with Crippen LogP contribution in [-0.2, 0) is 20.9 Å². The predicted octanol–water partition coefficient (Wildman–Crippen LogP) is 2.77. The Labute approximate surface area is 172 Å². The van der Waals surface area contributed by atoms with Crippen molar-refractivity contribution in [3.05, 3.63) is 40.9 Å². The molecule has 0 bridgehead atoms. The molecule has 0 aliphatic carbocycles. The number of aromatic nitrogens is 1. The van der Waals surface area contributed by atoms with Crippen LogP contribution in [0.1, 0.15) is 18.4 Å². The first-order valence-electron chi connectivity index (χ1n) is 9.20. The maximum absolute atomic E-state index is 12.4. The molecule has 2 aliphatic rings. The highest BCUT2D eigenvalue weighted by Crippen LogP contribution is 2.33. The van der Waals surface area contributed by atoms with Gasteiger partial charge < -0.3 is 14.6 Å². The molecule has 146 valence electrons. The molecule has 6 nitrogen and oxygen atoms in total. The number of para-hydroxylation sites is 1. The summed E-state index contributed by atoms with van der Waals surface area (Å²) >= 11 is 6.50. The second-order valence-corrected chi connectivity index (χ2v) is 8.59. The fourth-order valence-corrected chi connectivity index (χ4v) is 4.62. The van der Waals surface area contributed by atoms with Gasteiger partial charge in [-0.15, -0.1) is 0 Å². The number of hydrogen-bond donors (Lipinski definition) is 1. The first kappa shape index (κ1) is 19.2. The first-order chi connectivity index (χ1) is 13.5. The Kier molecular flexibility index (Phi) is 5.52. The third kappa shape index (κ3) is 3.85. The summed E-state index contributed by atoms with van der Waals surface area (Å²) in [5.41, 5.74) is 1.85. The van der Waals surface area contributed by atoms with E-state index in [4.69, 9.17) is 17.0 Å². The van der Waals surface area contributed by atoms with Crippen molar-refractivity contribution < 1.29 is 14.3 Å². The van der Waals surface area contributed by atoms with Crippen LogP contribution in [0.5, 0.6) is 0 Å². The summed E-state index contributed by atoms with van der Waals surface area (Å²) in [4.78, 5) is 26.8. The number of carbonyl (C=O) groups excluding carboxylic acids is 2. The van der Waals surface area contributed by atoms with Crippen molar-refractivity contribution in [2.75, 3.05) is 20.2 Å². The molecule has 0 saturated carbocycles. The monoisotopic (exact) mass is 415 g/mol. The first-order valence-corrected chi connectivity index (χ1v) is 10.4. The summed E-state index contributed by atoms with van der Waals surface area (Å²) in [5, 5.41) is 3.95. The van der Waals surface area contributed by atoms with Crippen molar-refractivity contribution in [3.63, 3.8) is 0 Å². The zero-order valence-electron chi connectivity index (χ0n) is 15.5. The highest BCUT2D eigenvalue weighted by molar-refractivity contribution is 8.26. The Balaban J connectivity index is 1.55. The zero-order chi connectivity index (χ0) is 19.7. The van der Waals surface area contributed by atoms with Crippen LogP contribution in [-0.4, -0.2) is 51.9 Å². The molecule has 1 aromatic heterocycles. The van der Waals surface area contributed by atoms with Crippen molar-refractivity contribution in [1.82, 2.24) is 14.8 Å².